The second-order valence-electron chi connectivity index (χ2n) is 4.96. The van der Waals surface area contributed by atoms with Crippen molar-refractivity contribution in [3.05, 3.63) is 34.9 Å². The Bertz CT molecular complexity index is 500. The monoisotopic (exact) mass is 293 g/mol. The van der Waals surface area contributed by atoms with Crippen LogP contribution in [0.15, 0.2) is 23.3 Å². The Balaban J connectivity index is 2.65. The van der Waals surface area contributed by atoms with E-state index >= 15 is 0 Å². The van der Waals surface area contributed by atoms with E-state index in [1.807, 2.05) is 13.8 Å². The summed E-state index contributed by atoms with van der Waals surface area (Å²) in [6, 6.07) is 6.47. The van der Waals surface area contributed by atoms with Crippen LogP contribution < -0.4 is 10.7 Å². The van der Waals surface area contributed by atoms with Gasteiger partial charge in [-0.3, -0.25) is 5.43 Å². The molecule has 2 N–H and O–H groups in total. The van der Waals surface area contributed by atoms with Crippen LogP contribution in [0.3, 0.4) is 0 Å². The Kier molecular flexibility index (Phi) is 6.61. The predicted molar refractivity (Wildman–Crippen MR) is 88.3 cm³/mol. The molecule has 0 aliphatic carbocycles. The van der Waals surface area contributed by atoms with Crippen LogP contribution in [-0.4, -0.2) is 30.6 Å². The molecule has 0 aliphatic rings. The van der Waals surface area contributed by atoms with E-state index < -0.39 is 0 Å². The Labute approximate surface area is 126 Å². The molecule has 0 fully saturated rings. The maximum absolute atomic E-state index is 5.19. The van der Waals surface area contributed by atoms with Crippen molar-refractivity contribution in [1.82, 2.24) is 10.7 Å². The SMILES string of the molecule is COC[C@H](C)NC(=S)N/N=C(/C)c1cc(C)ccc1C. The number of hydrogen-bond donors (Lipinski definition) is 2. The fraction of sp³-hybridized carbons (Fsp3) is 0.467. The molecule has 0 heterocycles. The molecule has 0 aliphatic heterocycles. The Hall–Kier alpha value is -1.46. The normalized spacial score (nSPS) is 12.9. The number of hydrazone groups is 1. The van der Waals surface area contributed by atoms with Gasteiger partial charge in [0.25, 0.3) is 0 Å². The number of hydrogen-bond acceptors (Lipinski definition) is 3. The standard InChI is InChI=1S/C15H23N3OS/c1-10-6-7-11(2)14(8-10)13(4)17-18-15(20)16-12(3)9-19-5/h6-8,12H,9H2,1-5H3,(H2,16,18,20)/b17-13-/t12-/m0/s1. The van der Waals surface area contributed by atoms with E-state index in [4.69, 9.17) is 17.0 Å². The third kappa shape index (κ3) is 5.27. The highest BCUT2D eigenvalue weighted by molar-refractivity contribution is 7.80. The summed E-state index contributed by atoms with van der Waals surface area (Å²) in [5, 5.41) is 7.93. The van der Waals surface area contributed by atoms with Gasteiger partial charge in [-0.1, -0.05) is 17.7 Å². The second-order valence-corrected chi connectivity index (χ2v) is 5.37. The first-order valence-electron chi connectivity index (χ1n) is 6.61. The van der Waals surface area contributed by atoms with Gasteiger partial charge in [0.2, 0.25) is 0 Å². The highest BCUT2D eigenvalue weighted by Crippen LogP contribution is 2.11. The van der Waals surface area contributed by atoms with Gasteiger partial charge >= 0.3 is 0 Å². The van der Waals surface area contributed by atoms with Crippen molar-refractivity contribution in [3.63, 3.8) is 0 Å². The summed E-state index contributed by atoms with van der Waals surface area (Å²) in [6.07, 6.45) is 0. The summed E-state index contributed by atoms with van der Waals surface area (Å²) in [7, 11) is 1.66. The summed E-state index contributed by atoms with van der Waals surface area (Å²) in [4.78, 5) is 0. The fourth-order valence-corrected chi connectivity index (χ4v) is 2.12. The first-order chi connectivity index (χ1) is 9.43. The van der Waals surface area contributed by atoms with E-state index in [0.717, 1.165) is 11.3 Å². The molecule has 1 aromatic rings. The Morgan fingerprint density at radius 2 is 2.10 bits per heavy atom. The molecule has 0 aromatic heterocycles. The Morgan fingerprint density at radius 3 is 2.75 bits per heavy atom. The molecule has 1 aromatic carbocycles. The number of thiocarbonyl (C=S) groups is 1. The summed E-state index contributed by atoms with van der Waals surface area (Å²) in [5.41, 5.74) is 7.33. The molecule has 0 unspecified atom stereocenters. The van der Waals surface area contributed by atoms with Crippen molar-refractivity contribution in [3.8, 4) is 0 Å². The summed E-state index contributed by atoms with van der Waals surface area (Å²) < 4.78 is 5.04. The van der Waals surface area contributed by atoms with Gasteiger partial charge in [-0.2, -0.15) is 5.10 Å². The van der Waals surface area contributed by atoms with E-state index in [0.29, 0.717) is 11.7 Å². The fourth-order valence-electron chi connectivity index (χ4n) is 1.87. The van der Waals surface area contributed by atoms with Crippen LogP contribution in [0.2, 0.25) is 0 Å². The van der Waals surface area contributed by atoms with Gasteiger partial charge in [0, 0.05) is 18.7 Å². The minimum atomic E-state index is 0.149. The predicted octanol–water partition coefficient (Wildman–Crippen LogP) is 2.53. The third-order valence-electron chi connectivity index (χ3n) is 2.90. The highest BCUT2D eigenvalue weighted by Gasteiger charge is 2.05. The molecule has 0 bridgehead atoms. The third-order valence-corrected chi connectivity index (χ3v) is 3.11. The smallest absolute Gasteiger partial charge is 0.187 e. The topological polar surface area (TPSA) is 45.6 Å². The molecule has 0 spiro atoms. The van der Waals surface area contributed by atoms with E-state index in [2.05, 4.69) is 47.9 Å². The van der Waals surface area contributed by atoms with E-state index in [-0.39, 0.29) is 6.04 Å². The lowest BCUT2D eigenvalue weighted by Crippen LogP contribution is -2.40. The summed E-state index contributed by atoms with van der Waals surface area (Å²) in [6.45, 7) is 8.71. The van der Waals surface area contributed by atoms with Gasteiger partial charge < -0.3 is 10.1 Å². The number of benzene rings is 1. The lowest BCUT2D eigenvalue weighted by molar-refractivity contribution is 0.179. The van der Waals surface area contributed by atoms with Crippen molar-refractivity contribution in [2.75, 3.05) is 13.7 Å². The quantitative estimate of drug-likeness (QED) is 0.497. The van der Waals surface area contributed by atoms with E-state index in [1.165, 1.54) is 11.1 Å². The van der Waals surface area contributed by atoms with Gasteiger partial charge in [-0.25, -0.2) is 0 Å². The lowest BCUT2D eigenvalue weighted by Gasteiger charge is -2.14. The lowest BCUT2D eigenvalue weighted by atomic mass is 10.0. The van der Waals surface area contributed by atoms with Gasteiger partial charge in [0.1, 0.15) is 0 Å². The first kappa shape index (κ1) is 16.6. The molecule has 110 valence electrons. The first-order valence-corrected chi connectivity index (χ1v) is 7.02. The van der Waals surface area contributed by atoms with Crippen LogP contribution >= 0.6 is 12.2 Å². The molecular formula is C15H23N3OS. The van der Waals surface area contributed by atoms with Crippen molar-refractivity contribution in [1.29, 1.82) is 0 Å². The zero-order valence-electron chi connectivity index (χ0n) is 12.8. The van der Waals surface area contributed by atoms with Crippen LogP contribution in [0.25, 0.3) is 0 Å². The van der Waals surface area contributed by atoms with E-state index in [1.54, 1.807) is 7.11 Å². The van der Waals surface area contributed by atoms with Crippen molar-refractivity contribution in [2.45, 2.75) is 33.7 Å². The van der Waals surface area contributed by atoms with Crippen molar-refractivity contribution >= 4 is 23.0 Å². The molecule has 0 amide bonds. The summed E-state index contributed by atoms with van der Waals surface area (Å²) >= 11 is 5.19. The minimum absolute atomic E-state index is 0.149. The van der Waals surface area contributed by atoms with Crippen LogP contribution in [-0.2, 0) is 4.74 Å². The minimum Gasteiger partial charge on any atom is -0.383 e. The molecule has 4 nitrogen and oxygen atoms in total. The maximum Gasteiger partial charge on any atom is 0.187 e. The molecule has 20 heavy (non-hydrogen) atoms. The van der Waals surface area contributed by atoms with Gasteiger partial charge in [-0.05, 0) is 51.5 Å². The van der Waals surface area contributed by atoms with Gasteiger partial charge in [0.05, 0.1) is 12.3 Å². The average molecular weight is 293 g/mol. The number of nitrogens with one attached hydrogen (secondary N) is 2. The molecule has 5 heteroatoms. The van der Waals surface area contributed by atoms with Crippen molar-refractivity contribution in [2.24, 2.45) is 5.10 Å². The zero-order chi connectivity index (χ0) is 15.1. The number of rotatable bonds is 5. The highest BCUT2D eigenvalue weighted by atomic mass is 32.1. The largest absolute Gasteiger partial charge is 0.383 e. The van der Waals surface area contributed by atoms with Gasteiger partial charge in [-0.15, -0.1) is 0 Å². The molecule has 0 saturated carbocycles. The van der Waals surface area contributed by atoms with E-state index in [9.17, 15) is 0 Å². The molecular weight excluding hydrogens is 270 g/mol. The second kappa shape index (κ2) is 7.97. The number of ether oxygens (including phenoxy) is 1. The van der Waals surface area contributed by atoms with Crippen LogP contribution in [0.1, 0.15) is 30.5 Å². The molecule has 0 saturated heterocycles. The van der Waals surface area contributed by atoms with Gasteiger partial charge in [0.15, 0.2) is 5.11 Å². The van der Waals surface area contributed by atoms with Crippen LogP contribution in [0.4, 0.5) is 0 Å². The Morgan fingerprint density at radius 1 is 1.40 bits per heavy atom. The summed E-state index contributed by atoms with van der Waals surface area (Å²) in [5.74, 6) is 0. The molecule has 1 atom stereocenters. The molecule has 0 radical (unpaired) electrons. The van der Waals surface area contributed by atoms with Crippen LogP contribution in [0, 0.1) is 13.8 Å². The van der Waals surface area contributed by atoms with Crippen LogP contribution in [0.5, 0.6) is 0 Å². The number of aryl methyl sites for hydroxylation is 2. The average Bonchev–Trinajstić information content (AvgIpc) is 2.39. The zero-order valence-corrected chi connectivity index (χ0v) is 13.6. The molecule has 1 rings (SSSR count). The maximum atomic E-state index is 5.19. The number of methoxy groups -OCH3 is 1. The van der Waals surface area contributed by atoms with Crippen molar-refractivity contribution < 1.29 is 4.74 Å². The number of nitrogens with zero attached hydrogens (tertiary/aromatic N) is 1.